The van der Waals surface area contributed by atoms with Gasteiger partial charge in [-0.25, -0.2) is 4.79 Å². The van der Waals surface area contributed by atoms with E-state index >= 15 is 0 Å². The molecule has 4 rings (SSSR count). The highest BCUT2D eigenvalue weighted by atomic mass is 16.5. The number of rotatable bonds is 5. The van der Waals surface area contributed by atoms with E-state index < -0.39 is 17.4 Å². The van der Waals surface area contributed by atoms with Crippen molar-refractivity contribution in [1.82, 2.24) is 0 Å². The van der Waals surface area contributed by atoms with Crippen LogP contribution >= 0.6 is 0 Å². The maximum Gasteiger partial charge on any atom is 0.333 e. The Hall–Kier alpha value is -1.36. The highest BCUT2D eigenvalue weighted by molar-refractivity contribution is 5.87. The van der Waals surface area contributed by atoms with Gasteiger partial charge in [0.2, 0.25) is 0 Å². The lowest BCUT2D eigenvalue weighted by Gasteiger charge is -2.68. The molecule has 4 bridgehead atoms. The zero-order valence-electron chi connectivity index (χ0n) is 14.0. The first-order valence-corrected chi connectivity index (χ1v) is 8.24. The lowest BCUT2D eigenvalue weighted by atomic mass is 9.36. The average Bonchev–Trinajstić information content (AvgIpc) is 2.42. The number of hydrogen-bond acceptors (Lipinski definition) is 4. The Labute approximate surface area is 136 Å². The number of carbonyl (C=O) groups is 2. The second-order valence-electron chi connectivity index (χ2n) is 8.97. The SMILES string of the molecule is C=C(C)C(=O)OCC12CC3(C)CC(CO)(C1)CC(C(=O)O)(C3)C2. The topological polar surface area (TPSA) is 83.8 Å². The van der Waals surface area contributed by atoms with Crippen LogP contribution in [0, 0.1) is 21.7 Å². The number of carboxylic acid groups (broad SMARTS) is 1. The fourth-order valence-corrected chi connectivity index (χ4v) is 6.50. The molecule has 2 N–H and O–H groups in total. The van der Waals surface area contributed by atoms with E-state index in [4.69, 9.17) is 4.74 Å². The molecule has 0 amide bonds. The normalized spacial score (nSPS) is 44.1. The maximum atomic E-state index is 12.0. The number of carbonyl (C=O) groups excluding carboxylic acids is 1. The quantitative estimate of drug-likeness (QED) is 0.600. The summed E-state index contributed by atoms with van der Waals surface area (Å²) in [5.41, 5.74) is -1.23. The predicted molar refractivity (Wildman–Crippen MR) is 83.6 cm³/mol. The van der Waals surface area contributed by atoms with Gasteiger partial charge in [-0.1, -0.05) is 13.5 Å². The summed E-state index contributed by atoms with van der Waals surface area (Å²) in [4.78, 5) is 23.8. The third-order valence-corrected chi connectivity index (χ3v) is 6.19. The number of hydrogen-bond donors (Lipinski definition) is 2. The van der Waals surface area contributed by atoms with Crippen LogP contribution < -0.4 is 0 Å². The van der Waals surface area contributed by atoms with Gasteiger partial charge in [-0.3, -0.25) is 4.79 Å². The summed E-state index contributed by atoms with van der Waals surface area (Å²) < 4.78 is 5.43. The molecule has 0 radical (unpaired) electrons. The number of aliphatic hydroxyl groups excluding tert-OH is 1. The Morgan fingerprint density at radius 2 is 1.70 bits per heavy atom. The van der Waals surface area contributed by atoms with Crippen LogP contribution in [0.3, 0.4) is 0 Å². The first-order valence-electron chi connectivity index (χ1n) is 8.24. The van der Waals surface area contributed by atoms with Crippen molar-refractivity contribution in [2.45, 2.75) is 52.4 Å². The zero-order chi connectivity index (χ0) is 17.1. The predicted octanol–water partition coefficient (Wildman–Crippen LogP) is 2.53. The van der Waals surface area contributed by atoms with Crippen molar-refractivity contribution in [3.05, 3.63) is 12.2 Å². The molecule has 0 aromatic heterocycles. The van der Waals surface area contributed by atoms with E-state index in [1.54, 1.807) is 6.92 Å². The van der Waals surface area contributed by atoms with Crippen LogP contribution in [0.5, 0.6) is 0 Å². The number of ether oxygens (including phenoxy) is 1. The Morgan fingerprint density at radius 1 is 1.09 bits per heavy atom. The van der Waals surface area contributed by atoms with Crippen molar-refractivity contribution in [1.29, 1.82) is 0 Å². The van der Waals surface area contributed by atoms with Crippen LogP contribution in [-0.4, -0.2) is 35.4 Å². The number of carboxylic acids is 1. The Balaban J connectivity index is 1.94. The van der Waals surface area contributed by atoms with Crippen molar-refractivity contribution >= 4 is 11.9 Å². The minimum atomic E-state index is -0.790. The standard InChI is InChI=1S/C18H26O5/c1-12(2)13(20)23-11-17-5-15(3)4-16(7-17,10-19)8-18(6-15,9-17)14(21)22/h19H,1,4-11H2,2-3H3,(H,21,22). The van der Waals surface area contributed by atoms with Crippen LogP contribution in [-0.2, 0) is 14.3 Å². The fraction of sp³-hybridized carbons (Fsp3) is 0.778. The van der Waals surface area contributed by atoms with Gasteiger partial charge in [0.05, 0.1) is 12.0 Å². The summed E-state index contributed by atoms with van der Waals surface area (Å²) in [6.45, 7) is 7.57. The summed E-state index contributed by atoms with van der Waals surface area (Å²) >= 11 is 0. The Morgan fingerprint density at radius 3 is 2.26 bits per heavy atom. The number of esters is 1. The van der Waals surface area contributed by atoms with Crippen LogP contribution in [0.1, 0.15) is 52.4 Å². The minimum absolute atomic E-state index is 0.00774. The van der Waals surface area contributed by atoms with Crippen LogP contribution in [0.2, 0.25) is 0 Å². The summed E-state index contributed by atoms with van der Waals surface area (Å²) in [6, 6.07) is 0. The molecular formula is C18H26O5. The van der Waals surface area contributed by atoms with E-state index in [0.29, 0.717) is 24.8 Å². The van der Waals surface area contributed by atoms with E-state index in [-0.39, 0.29) is 29.5 Å². The number of aliphatic carboxylic acids is 1. The van der Waals surface area contributed by atoms with Crippen molar-refractivity contribution in [3.8, 4) is 0 Å². The molecule has 4 atom stereocenters. The summed E-state index contributed by atoms with van der Waals surface area (Å²) in [5.74, 6) is -1.19. The Bertz CT molecular complexity index is 584. The fourth-order valence-electron chi connectivity index (χ4n) is 6.50. The largest absolute Gasteiger partial charge is 0.481 e. The third-order valence-electron chi connectivity index (χ3n) is 6.19. The van der Waals surface area contributed by atoms with Crippen LogP contribution in [0.25, 0.3) is 0 Å². The Kier molecular flexibility index (Phi) is 3.46. The molecule has 0 aromatic rings. The molecule has 0 spiro atoms. The molecule has 5 nitrogen and oxygen atoms in total. The highest BCUT2D eigenvalue weighted by Gasteiger charge is 2.69. The minimum Gasteiger partial charge on any atom is -0.481 e. The van der Waals surface area contributed by atoms with Gasteiger partial charge >= 0.3 is 11.9 Å². The summed E-state index contributed by atoms with van der Waals surface area (Å²) in [6.07, 6.45) is 4.20. The molecule has 0 saturated heterocycles. The van der Waals surface area contributed by atoms with E-state index in [2.05, 4.69) is 13.5 Å². The highest BCUT2D eigenvalue weighted by Crippen LogP contribution is 2.73. The summed E-state index contributed by atoms with van der Waals surface area (Å²) in [7, 11) is 0. The molecule has 128 valence electrons. The number of aliphatic hydroxyl groups is 1. The van der Waals surface area contributed by atoms with Crippen molar-refractivity contribution in [2.75, 3.05) is 13.2 Å². The third kappa shape index (κ3) is 2.49. The van der Waals surface area contributed by atoms with E-state index in [1.165, 1.54) is 0 Å². The molecule has 23 heavy (non-hydrogen) atoms. The van der Waals surface area contributed by atoms with Crippen LogP contribution in [0.15, 0.2) is 12.2 Å². The van der Waals surface area contributed by atoms with Gasteiger partial charge in [-0.05, 0) is 56.3 Å². The molecule has 4 aliphatic rings. The maximum absolute atomic E-state index is 12.0. The monoisotopic (exact) mass is 322 g/mol. The molecule has 4 unspecified atom stereocenters. The molecule has 4 aliphatic carbocycles. The average molecular weight is 322 g/mol. The van der Waals surface area contributed by atoms with Gasteiger partial charge in [0.15, 0.2) is 0 Å². The van der Waals surface area contributed by atoms with Crippen molar-refractivity contribution in [2.24, 2.45) is 21.7 Å². The molecule has 0 aromatic carbocycles. The smallest absolute Gasteiger partial charge is 0.333 e. The van der Waals surface area contributed by atoms with E-state index in [9.17, 15) is 19.8 Å². The van der Waals surface area contributed by atoms with Crippen LogP contribution in [0.4, 0.5) is 0 Å². The lowest BCUT2D eigenvalue weighted by Crippen LogP contribution is -2.64. The first-order chi connectivity index (χ1) is 10.6. The van der Waals surface area contributed by atoms with Gasteiger partial charge < -0.3 is 14.9 Å². The van der Waals surface area contributed by atoms with Gasteiger partial charge in [0.1, 0.15) is 0 Å². The lowest BCUT2D eigenvalue weighted by molar-refractivity contribution is -0.228. The first kappa shape index (κ1) is 16.5. The van der Waals surface area contributed by atoms with Crippen molar-refractivity contribution < 1.29 is 24.5 Å². The molecule has 5 heteroatoms. The second-order valence-corrected chi connectivity index (χ2v) is 8.97. The molecule has 4 saturated carbocycles. The van der Waals surface area contributed by atoms with Gasteiger partial charge in [-0.15, -0.1) is 0 Å². The van der Waals surface area contributed by atoms with E-state index in [1.807, 2.05) is 0 Å². The summed E-state index contributed by atoms with van der Waals surface area (Å²) in [5, 5.41) is 19.9. The van der Waals surface area contributed by atoms with E-state index in [0.717, 1.165) is 19.3 Å². The molecule has 0 aliphatic heterocycles. The van der Waals surface area contributed by atoms with Crippen molar-refractivity contribution in [3.63, 3.8) is 0 Å². The molecular weight excluding hydrogens is 296 g/mol. The molecule has 4 fully saturated rings. The zero-order valence-corrected chi connectivity index (χ0v) is 14.0. The van der Waals surface area contributed by atoms with Gasteiger partial charge in [-0.2, -0.15) is 0 Å². The second kappa shape index (κ2) is 4.82. The molecule has 0 heterocycles. The van der Waals surface area contributed by atoms with Gasteiger partial charge in [0.25, 0.3) is 0 Å². The van der Waals surface area contributed by atoms with Gasteiger partial charge in [0, 0.05) is 17.6 Å².